The van der Waals surface area contributed by atoms with Crippen LogP contribution in [0.25, 0.3) is 10.9 Å². The number of hydrogen-bond donors (Lipinski definition) is 3. The Labute approximate surface area is 120 Å². The lowest BCUT2D eigenvalue weighted by Crippen LogP contribution is -2.36. The molecule has 1 atom stereocenters. The molecule has 0 saturated heterocycles. The molecule has 0 radical (unpaired) electrons. The standard InChI is InChI=1S/C13H16ClN3O3/c1-20-7-9(6-18)15-5-12-16-11-4-8(14)2-3-10(11)13(19)17-12/h2-4,9,15,18H,5-7H2,1H3,(H,16,17,19). The molecule has 108 valence electrons. The summed E-state index contributed by atoms with van der Waals surface area (Å²) in [5.74, 6) is 0.485. The Kier molecular flexibility index (Phi) is 5.08. The van der Waals surface area contributed by atoms with Crippen molar-refractivity contribution in [2.24, 2.45) is 0 Å². The maximum atomic E-state index is 11.9. The highest BCUT2D eigenvalue weighted by atomic mass is 35.5. The van der Waals surface area contributed by atoms with E-state index in [1.807, 2.05) is 0 Å². The Morgan fingerprint density at radius 3 is 3.05 bits per heavy atom. The summed E-state index contributed by atoms with van der Waals surface area (Å²) in [7, 11) is 1.56. The molecular formula is C13H16ClN3O3. The lowest BCUT2D eigenvalue weighted by atomic mass is 10.2. The molecule has 20 heavy (non-hydrogen) atoms. The summed E-state index contributed by atoms with van der Waals surface area (Å²) in [6.45, 7) is 0.643. The molecule has 0 saturated carbocycles. The SMILES string of the molecule is COCC(CO)NCc1nc2cc(Cl)ccc2c(=O)[nH]1. The number of halogens is 1. The Hall–Kier alpha value is -1.47. The van der Waals surface area contributed by atoms with Gasteiger partial charge in [-0.1, -0.05) is 11.6 Å². The fourth-order valence-electron chi connectivity index (χ4n) is 1.86. The number of H-pyrrole nitrogens is 1. The third-order valence-corrected chi connectivity index (χ3v) is 3.10. The van der Waals surface area contributed by atoms with Crippen LogP contribution in [-0.2, 0) is 11.3 Å². The normalized spacial score (nSPS) is 12.8. The lowest BCUT2D eigenvalue weighted by molar-refractivity contribution is 0.127. The van der Waals surface area contributed by atoms with Crippen LogP contribution >= 0.6 is 11.6 Å². The number of nitrogens with one attached hydrogen (secondary N) is 2. The van der Waals surface area contributed by atoms with Crippen molar-refractivity contribution in [2.75, 3.05) is 20.3 Å². The Morgan fingerprint density at radius 2 is 2.35 bits per heavy atom. The van der Waals surface area contributed by atoms with Crippen molar-refractivity contribution in [2.45, 2.75) is 12.6 Å². The van der Waals surface area contributed by atoms with Crippen LogP contribution in [0.3, 0.4) is 0 Å². The van der Waals surface area contributed by atoms with E-state index in [0.29, 0.717) is 34.9 Å². The molecule has 1 aromatic carbocycles. The summed E-state index contributed by atoms with van der Waals surface area (Å²) in [5.41, 5.74) is 0.334. The summed E-state index contributed by atoms with van der Waals surface area (Å²) < 4.78 is 4.96. The predicted octanol–water partition coefficient (Wildman–Crippen LogP) is 0.673. The molecule has 0 fully saturated rings. The Bertz CT molecular complexity index is 644. The van der Waals surface area contributed by atoms with E-state index in [2.05, 4.69) is 15.3 Å². The molecule has 0 aliphatic rings. The first kappa shape index (κ1) is 14.9. The molecule has 2 rings (SSSR count). The zero-order valence-electron chi connectivity index (χ0n) is 11.0. The number of benzene rings is 1. The molecule has 6 nitrogen and oxygen atoms in total. The summed E-state index contributed by atoms with van der Waals surface area (Å²) in [6, 6.07) is 4.73. The van der Waals surface area contributed by atoms with Gasteiger partial charge in [-0.15, -0.1) is 0 Å². The van der Waals surface area contributed by atoms with E-state index in [1.165, 1.54) is 0 Å². The van der Waals surface area contributed by atoms with Gasteiger partial charge in [0, 0.05) is 12.1 Å². The van der Waals surface area contributed by atoms with E-state index in [1.54, 1.807) is 25.3 Å². The first-order chi connectivity index (χ1) is 9.63. The van der Waals surface area contributed by atoms with Gasteiger partial charge < -0.3 is 20.1 Å². The van der Waals surface area contributed by atoms with Crippen LogP contribution in [0, 0.1) is 0 Å². The van der Waals surface area contributed by atoms with Crippen molar-refractivity contribution in [3.63, 3.8) is 0 Å². The van der Waals surface area contributed by atoms with Crippen LogP contribution in [-0.4, -0.2) is 41.4 Å². The summed E-state index contributed by atoms with van der Waals surface area (Å²) in [5, 5.41) is 13.2. The largest absolute Gasteiger partial charge is 0.395 e. The number of methoxy groups -OCH3 is 1. The molecule has 2 aromatic rings. The predicted molar refractivity (Wildman–Crippen MR) is 77.0 cm³/mol. The first-order valence-electron chi connectivity index (χ1n) is 6.15. The average Bonchev–Trinajstić information content (AvgIpc) is 2.43. The number of aliphatic hydroxyl groups excluding tert-OH is 1. The molecule has 7 heteroatoms. The second-order valence-corrected chi connectivity index (χ2v) is 4.83. The number of aliphatic hydroxyl groups is 1. The summed E-state index contributed by atoms with van der Waals surface area (Å²) in [4.78, 5) is 18.9. The zero-order chi connectivity index (χ0) is 14.5. The fourth-order valence-corrected chi connectivity index (χ4v) is 2.03. The van der Waals surface area contributed by atoms with Crippen molar-refractivity contribution < 1.29 is 9.84 Å². The lowest BCUT2D eigenvalue weighted by Gasteiger charge is -2.14. The van der Waals surface area contributed by atoms with Gasteiger partial charge in [0.2, 0.25) is 0 Å². The molecule has 1 heterocycles. The maximum absolute atomic E-state index is 11.9. The van der Waals surface area contributed by atoms with Crippen molar-refractivity contribution in [1.82, 2.24) is 15.3 Å². The second kappa shape index (κ2) is 6.81. The fraction of sp³-hybridized carbons (Fsp3) is 0.385. The number of ether oxygens (including phenoxy) is 1. The van der Waals surface area contributed by atoms with Crippen LogP contribution in [0.15, 0.2) is 23.0 Å². The van der Waals surface area contributed by atoms with Crippen LogP contribution in [0.5, 0.6) is 0 Å². The smallest absolute Gasteiger partial charge is 0.258 e. The minimum Gasteiger partial charge on any atom is -0.395 e. The van der Waals surface area contributed by atoms with E-state index < -0.39 is 0 Å². The summed E-state index contributed by atoms with van der Waals surface area (Å²) >= 11 is 5.90. The number of hydrogen-bond acceptors (Lipinski definition) is 5. The number of fused-ring (bicyclic) bond motifs is 1. The van der Waals surface area contributed by atoms with Gasteiger partial charge in [-0.25, -0.2) is 4.98 Å². The summed E-state index contributed by atoms with van der Waals surface area (Å²) in [6.07, 6.45) is 0. The quantitative estimate of drug-likeness (QED) is 0.729. The van der Waals surface area contributed by atoms with Gasteiger partial charge in [0.25, 0.3) is 5.56 Å². The van der Waals surface area contributed by atoms with Gasteiger partial charge in [0.05, 0.1) is 36.7 Å². The molecule has 1 aromatic heterocycles. The van der Waals surface area contributed by atoms with Gasteiger partial charge in [-0.3, -0.25) is 4.79 Å². The molecule has 0 spiro atoms. The van der Waals surface area contributed by atoms with Gasteiger partial charge in [0.1, 0.15) is 5.82 Å². The maximum Gasteiger partial charge on any atom is 0.258 e. The molecule has 0 amide bonds. The molecule has 0 bridgehead atoms. The van der Waals surface area contributed by atoms with E-state index in [9.17, 15) is 4.79 Å². The monoisotopic (exact) mass is 297 g/mol. The number of aromatic nitrogens is 2. The minimum absolute atomic E-state index is 0.0581. The van der Waals surface area contributed by atoms with Crippen molar-refractivity contribution >= 4 is 22.5 Å². The van der Waals surface area contributed by atoms with Crippen molar-refractivity contribution in [3.8, 4) is 0 Å². The minimum atomic E-state index is -0.212. The van der Waals surface area contributed by atoms with Gasteiger partial charge >= 0.3 is 0 Å². The van der Waals surface area contributed by atoms with E-state index in [0.717, 1.165) is 0 Å². The average molecular weight is 298 g/mol. The number of nitrogens with zero attached hydrogens (tertiary/aromatic N) is 1. The van der Waals surface area contributed by atoms with Crippen molar-refractivity contribution in [3.05, 3.63) is 39.4 Å². The zero-order valence-corrected chi connectivity index (χ0v) is 11.8. The van der Waals surface area contributed by atoms with Gasteiger partial charge in [0.15, 0.2) is 0 Å². The highest BCUT2D eigenvalue weighted by molar-refractivity contribution is 6.31. The third kappa shape index (κ3) is 3.55. The second-order valence-electron chi connectivity index (χ2n) is 4.39. The van der Waals surface area contributed by atoms with Crippen LogP contribution < -0.4 is 10.9 Å². The molecule has 0 aliphatic heterocycles. The van der Waals surface area contributed by atoms with E-state index >= 15 is 0 Å². The molecule has 0 aliphatic carbocycles. The Balaban J connectivity index is 2.20. The van der Waals surface area contributed by atoms with Gasteiger partial charge in [-0.05, 0) is 18.2 Å². The van der Waals surface area contributed by atoms with E-state index in [4.69, 9.17) is 21.4 Å². The number of rotatable bonds is 6. The molecule has 1 unspecified atom stereocenters. The Morgan fingerprint density at radius 1 is 1.55 bits per heavy atom. The van der Waals surface area contributed by atoms with Crippen LogP contribution in [0.4, 0.5) is 0 Å². The van der Waals surface area contributed by atoms with Crippen molar-refractivity contribution in [1.29, 1.82) is 0 Å². The highest BCUT2D eigenvalue weighted by Gasteiger charge is 2.08. The first-order valence-corrected chi connectivity index (χ1v) is 6.53. The van der Waals surface area contributed by atoms with E-state index in [-0.39, 0.29) is 18.2 Å². The van der Waals surface area contributed by atoms with Crippen LogP contribution in [0.1, 0.15) is 5.82 Å². The van der Waals surface area contributed by atoms with Crippen LogP contribution in [0.2, 0.25) is 5.02 Å². The molecular weight excluding hydrogens is 282 g/mol. The molecule has 3 N–H and O–H groups in total. The number of aromatic amines is 1. The topological polar surface area (TPSA) is 87.2 Å². The van der Waals surface area contributed by atoms with Gasteiger partial charge in [-0.2, -0.15) is 0 Å². The third-order valence-electron chi connectivity index (χ3n) is 2.86. The highest BCUT2D eigenvalue weighted by Crippen LogP contribution is 2.14.